The third-order valence-electron chi connectivity index (χ3n) is 5.25. The van der Waals surface area contributed by atoms with Gasteiger partial charge in [0.15, 0.2) is 5.82 Å². The number of methoxy groups -OCH3 is 2. The van der Waals surface area contributed by atoms with Crippen molar-refractivity contribution >= 4 is 10.0 Å². The topological polar surface area (TPSA) is 98.6 Å². The third-order valence-corrected chi connectivity index (χ3v) is 5.93. The molecule has 2 heterocycles. The lowest BCUT2D eigenvalue weighted by molar-refractivity contribution is 0.268. The van der Waals surface area contributed by atoms with Gasteiger partial charge in [-0.15, -0.1) is 10.2 Å². The summed E-state index contributed by atoms with van der Waals surface area (Å²) in [6, 6.07) is 5.49. The highest BCUT2D eigenvalue weighted by molar-refractivity contribution is 7.88. The van der Waals surface area contributed by atoms with Gasteiger partial charge in [0.1, 0.15) is 17.3 Å². The molecule has 1 aromatic carbocycles. The highest BCUT2D eigenvalue weighted by Crippen LogP contribution is 2.25. The number of fused-ring (bicyclic) bond motifs is 1. The van der Waals surface area contributed by atoms with E-state index in [0.29, 0.717) is 12.4 Å². The zero-order valence-corrected chi connectivity index (χ0v) is 19.1. The van der Waals surface area contributed by atoms with E-state index in [1.807, 2.05) is 32.0 Å². The van der Waals surface area contributed by atoms with Crippen molar-refractivity contribution in [1.29, 1.82) is 0 Å². The summed E-state index contributed by atoms with van der Waals surface area (Å²) in [6.45, 7) is 7.06. The van der Waals surface area contributed by atoms with Gasteiger partial charge in [-0.05, 0) is 23.6 Å². The van der Waals surface area contributed by atoms with Gasteiger partial charge in [0.05, 0.1) is 26.5 Å². The fourth-order valence-electron chi connectivity index (χ4n) is 3.71. The predicted octanol–water partition coefficient (Wildman–Crippen LogP) is 1.60. The SMILES string of the molecule is COc1cc(CN2CCc3nnc([C@@H](NS(C)(=O)=O)C(C)C)n3CC2)cc(OC)c1. The average Bonchev–Trinajstić information content (AvgIpc) is 2.99. The summed E-state index contributed by atoms with van der Waals surface area (Å²) in [5.41, 5.74) is 1.11. The van der Waals surface area contributed by atoms with Gasteiger partial charge in [0, 0.05) is 38.7 Å². The van der Waals surface area contributed by atoms with Crippen LogP contribution in [0.4, 0.5) is 0 Å². The molecule has 10 heteroatoms. The fourth-order valence-corrected chi connectivity index (χ4v) is 4.55. The molecule has 9 nitrogen and oxygen atoms in total. The van der Waals surface area contributed by atoms with Crippen molar-refractivity contribution < 1.29 is 17.9 Å². The summed E-state index contributed by atoms with van der Waals surface area (Å²) in [5, 5.41) is 8.69. The van der Waals surface area contributed by atoms with Crippen LogP contribution in [0.2, 0.25) is 0 Å². The zero-order valence-electron chi connectivity index (χ0n) is 18.3. The van der Waals surface area contributed by atoms with Gasteiger partial charge in [0.2, 0.25) is 10.0 Å². The molecule has 0 aliphatic carbocycles. The van der Waals surface area contributed by atoms with Crippen molar-refractivity contribution in [3.05, 3.63) is 35.4 Å². The Bertz CT molecular complexity index is 951. The van der Waals surface area contributed by atoms with Gasteiger partial charge >= 0.3 is 0 Å². The molecular formula is C20H31N5O4S. The van der Waals surface area contributed by atoms with Crippen molar-refractivity contribution in [3.8, 4) is 11.5 Å². The van der Waals surface area contributed by atoms with Crippen LogP contribution in [-0.2, 0) is 29.5 Å². The number of benzene rings is 1. The lowest BCUT2D eigenvalue weighted by atomic mass is 10.1. The fraction of sp³-hybridized carbons (Fsp3) is 0.600. The number of hydrogen-bond donors (Lipinski definition) is 1. The number of sulfonamides is 1. The number of nitrogens with one attached hydrogen (secondary N) is 1. The summed E-state index contributed by atoms with van der Waals surface area (Å²) in [4.78, 5) is 2.35. The van der Waals surface area contributed by atoms with E-state index in [-0.39, 0.29) is 5.92 Å². The molecule has 1 aliphatic heterocycles. The molecule has 1 aliphatic rings. The average molecular weight is 438 g/mol. The molecule has 0 fully saturated rings. The van der Waals surface area contributed by atoms with Gasteiger partial charge in [-0.2, -0.15) is 0 Å². The Morgan fingerprint density at radius 2 is 1.73 bits per heavy atom. The Kier molecular flexibility index (Phi) is 6.99. The van der Waals surface area contributed by atoms with Crippen LogP contribution in [0.25, 0.3) is 0 Å². The Balaban J connectivity index is 1.77. The van der Waals surface area contributed by atoms with E-state index in [2.05, 4.69) is 24.4 Å². The van der Waals surface area contributed by atoms with Crippen molar-refractivity contribution in [1.82, 2.24) is 24.4 Å². The summed E-state index contributed by atoms with van der Waals surface area (Å²) >= 11 is 0. The lowest BCUT2D eigenvalue weighted by Crippen LogP contribution is -2.33. The molecule has 1 N–H and O–H groups in total. The second-order valence-corrected chi connectivity index (χ2v) is 9.76. The van der Waals surface area contributed by atoms with Crippen molar-refractivity contribution in [3.63, 3.8) is 0 Å². The van der Waals surface area contributed by atoms with Crippen molar-refractivity contribution in [2.75, 3.05) is 33.6 Å². The second kappa shape index (κ2) is 9.32. The molecular weight excluding hydrogens is 406 g/mol. The Morgan fingerprint density at radius 3 is 2.30 bits per heavy atom. The van der Waals surface area contributed by atoms with Crippen LogP contribution < -0.4 is 14.2 Å². The molecule has 2 aromatic rings. The Morgan fingerprint density at radius 1 is 1.07 bits per heavy atom. The smallest absolute Gasteiger partial charge is 0.209 e. The van der Waals surface area contributed by atoms with Crippen LogP contribution in [0.3, 0.4) is 0 Å². The van der Waals surface area contributed by atoms with Crippen LogP contribution >= 0.6 is 0 Å². The predicted molar refractivity (Wildman–Crippen MR) is 114 cm³/mol. The summed E-state index contributed by atoms with van der Waals surface area (Å²) < 4.78 is 39.2. The molecule has 0 spiro atoms. The molecule has 0 unspecified atom stereocenters. The van der Waals surface area contributed by atoms with Crippen molar-refractivity contribution in [2.45, 2.75) is 39.4 Å². The minimum Gasteiger partial charge on any atom is -0.497 e. The third kappa shape index (κ3) is 5.50. The first-order valence-electron chi connectivity index (χ1n) is 10.0. The van der Waals surface area contributed by atoms with Gasteiger partial charge in [-0.25, -0.2) is 13.1 Å². The molecule has 0 radical (unpaired) electrons. The van der Waals surface area contributed by atoms with Gasteiger partial charge in [-0.1, -0.05) is 13.8 Å². The molecule has 1 atom stereocenters. The van der Waals surface area contributed by atoms with E-state index in [0.717, 1.165) is 48.9 Å². The van der Waals surface area contributed by atoms with Crippen LogP contribution in [0.1, 0.15) is 37.1 Å². The molecule has 1 aromatic heterocycles. The van der Waals surface area contributed by atoms with Gasteiger partial charge < -0.3 is 14.0 Å². The van der Waals surface area contributed by atoms with Crippen LogP contribution in [0.5, 0.6) is 11.5 Å². The molecule has 0 amide bonds. The highest BCUT2D eigenvalue weighted by atomic mass is 32.2. The number of ether oxygens (including phenoxy) is 2. The molecule has 0 bridgehead atoms. The molecule has 0 saturated heterocycles. The number of hydrogen-bond acceptors (Lipinski definition) is 7. The summed E-state index contributed by atoms with van der Waals surface area (Å²) in [5.74, 6) is 3.15. The van der Waals surface area contributed by atoms with E-state index in [9.17, 15) is 8.42 Å². The molecule has 0 saturated carbocycles. The van der Waals surface area contributed by atoms with E-state index in [1.165, 1.54) is 6.26 Å². The van der Waals surface area contributed by atoms with Crippen molar-refractivity contribution in [2.24, 2.45) is 5.92 Å². The first-order valence-corrected chi connectivity index (χ1v) is 11.9. The maximum atomic E-state index is 11.8. The Labute approximate surface area is 178 Å². The normalized spacial score (nSPS) is 16.2. The molecule has 3 rings (SSSR count). The lowest BCUT2D eigenvalue weighted by Gasteiger charge is -2.23. The van der Waals surface area contributed by atoms with Gasteiger partial charge in [0.25, 0.3) is 0 Å². The zero-order chi connectivity index (χ0) is 21.9. The van der Waals surface area contributed by atoms with Gasteiger partial charge in [-0.3, -0.25) is 4.90 Å². The first-order chi connectivity index (χ1) is 14.2. The van der Waals surface area contributed by atoms with E-state index in [1.54, 1.807) is 14.2 Å². The number of nitrogens with zero attached hydrogens (tertiary/aromatic N) is 4. The maximum absolute atomic E-state index is 11.8. The van der Waals surface area contributed by atoms with E-state index < -0.39 is 16.1 Å². The van der Waals surface area contributed by atoms with Crippen LogP contribution in [0.15, 0.2) is 18.2 Å². The molecule has 30 heavy (non-hydrogen) atoms. The van der Waals surface area contributed by atoms with E-state index >= 15 is 0 Å². The van der Waals surface area contributed by atoms with E-state index in [4.69, 9.17) is 9.47 Å². The quantitative estimate of drug-likeness (QED) is 0.670. The van der Waals surface area contributed by atoms with Crippen LogP contribution in [-0.4, -0.2) is 61.6 Å². The largest absolute Gasteiger partial charge is 0.497 e. The highest BCUT2D eigenvalue weighted by Gasteiger charge is 2.28. The monoisotopic (exact) mass is 437 g/mol. The Hall–Kier alpha value is -2.17. The number of rotatable bonds is 8. The van der Waals surface area contributed by atoms with Crippen LogP contribution in [0, 0.1) is 5.92 Å². The summed E-state index contributed by atoms with van der Waals surface area (Å²) in [7, 11) is -0.0671. The summed E-state index contributed by atoms with van der Waals surface area (Å²) in [6.07, 6.45) is 1.92. The second-order valence-electron chi connectivity index (χ2n) is 7.98. The first kappa shape index (κ1) is 22.5. The standard InChI is InChI=1S/C20H31N5O4S/c1-14(2)19(23-30(5,26)27)20-22-21-18-6-7-24(8-9-25(18)20)13-15-10-16(28-3)12-17(11-15)29-4/h10-12,14,19,23H,6-9,13H2,1-5H3/t19-/m0/s1. The minimum atomic E-state index is -3.36. The molecule has 166 valence electrons. The minimum absolute atomic E-state index is 0.0524. The number of aromatic nitrogens is 3. The maximum Gasteiger partial charge on any atom is 0.209 e.